The van der Waals surface area contributed by atoms with E-state index < -0.39 is 0 Å². The fourth-order valence-corrected chi connectivity index (χ4v) is 4.97. The highest BCUT2D eigenvalue weighted by atomic mass is 16.3. The Morgan fingerprint density at radius 2 is 1.00 bits per heavy atom. The van der Waals surface area contributed by atoms with E-state index in [-0.39, 0.29) is 0 Å². The van der Waals surface area contributed by atoms with Gasteiger partial charge in [0.1, 0.15) is 5.69 Å². The van der Waals surface area contributed by atoms with Gasteiger partial charge in [-0.25, -0.2) is 0 Å². The number of fused-ring (bicyclic) bond motifs is 1. The van der Waals surface area contributed by atoms with E-state index in [1.807, 2.05) is 25.2 Å². The Labute approximate surface area is 228 Å². The van der Waals surface area contributed by atoms with Crippen molar-refractivity contribution in [3.05, 3.63) is 150 Å². The Hall–Kier alpha value is -5.22. The SMILES string of the molecule is CN(c1ccc(N=O)cc1)c1ccc(-c2ccc(N(c3ccccc3)c3cccc4ccccc34)cc2)cc1. The van der Waals surface area contributed by atoms with Gasteiger partial charge in [0, 0.05) is 35.2 Å². The van der Waals surface area contributed by atoms with Crippen LogP contribution in [0.25, 0.3) is 21.9 Å². The topological polar surface area (TPSA) is 35.9 Å². The third kappa shape index (κ3) is 4.88. The van der Waals surface area contributed by atoms with E-state index >= 15 is 0 Å². The largest absolute Gasteiger partial charge is 0.345 e. The fourth-order valence-electron chi connectivity index (χ4n) is 4.97. The average molecular weight is 506 g/mol. The van der Waals surface area contributed by atoms with E-state index in [0.29, 0.717) is 5.69 Å². The zero-order valence-corrected chi connectivity index (χ0v) is 21.6. The minimum Gasteiger partial charge on any atom is -0.345 e. The Balaban J connectivity index is 1.31. The first kappa shape index (κ1) is 24.1. The van der Waals surface area contributed by atoms with Crippen molar-refractivity contribution < 1.29 is 0 Å². The van der Waals surface area contributed by atoms with Crippen molar-refractivity contribution in [2.45, 2.75) is 0 Å². The molecule has 6 aromatic rings. The second-order valence-electron chi connectivity index (χ2n) is 9.43. The van der Waals surface area contributed by atoms with Gasteiger partial charge in [0.2, 0.25) is 0 Å². The van der Waals surface area contributed by atoms with Crippen LogP contribution in [-0.2, 0) is 0 Å². The second kappa shape index (κ2) is 10.6. The van der Waals surface area contributed by atoms with Crippen LogP contribution in [0.3, 0.4) is 0 Å². The molecule has 188 valence electrons. The Bertz CT molecular complexity index is 1710. The monoisotopic (exact) mass is 505 g/mol. The van der Waals surface area contributed by atoms with Gasteiger partial charge in [-0.05, 0) is 88.4 Å². The van der Waals surface area contributed by atoms with Crippen LogP contribution >= 0.6 is 0 Å². The molecule has 0 radical (unpaired) electrons. The fraction of sp³-hybridized carbons (Fsp3) is 0.0286. The van der Waals surface area contributed by atoms with Crippen LogP contribution < -0.4 is 9.80 Å². The molecule has 0 bridgehead atoms. The molecule has 0 fully saturated rings. The maximum atomic E-state index is 10.7. The lowest BCUT2D eigenvalue weighted by molar-refractivity contribution is 1.21. The quantitative estimate of drug-likeness (QED) is 0.203. The first-order valence-corrected chi connectivity index (χ1v) is 12.9. The predicted molar refractivity (Wildman–Crippen MR) is 164 cm³/mol. The molecule has 0 N–H and O–H groups in total. The van der Waals surface area contributed by atoms with E-state index in [4.69, 9.17) is 0 Å². The molecule has 0 saturated heterocycles. The van der Waals surface area contributed by atoms with Crippen molar-refractivity contribution in [1.29, 1.82) is 0 Å². The summed E-state index contributed by atoms with van der Waals surface area (Å²) < 4.78 is 0. The van der Waals surface area contributed by atoms with E-state index in [9.17, 15) is 4.91 Å². The highest BCUT2D eigenvalue weighted by Gasteiger charge is 2.15. The zero-order valence-electron chi connectivity index (χ0n) is 21.6. The first-order chi connectivity index (χ1) is 19.2. The molecule has 0 aromatic heterocycles. The van der Waals surface area contributed by atoms with Gasteiger partial charge in [-0.1, -0.05) is 78.9 Å². The molecule has 0 aliphatic heterocycles. The molecule has 0 heterocycles. The lowest BCUT2D eigenvalue weighted by Gasteiger charge is -2.27. The number of nitroso groups, excluding NO2 is 1. The van der Waals surface area contributed by atoms with Crippen molar-refractivity contribution in [2.75, 3.05) is 16.8 Å². The van der Waals surface area contributed by atoms with E-state index in [1.54, 1.807) is 12.1 Å². The van der Waals surface area contributed by atoms with Crippen LogP contribution in [0.2, 0.25) is 0 Å². The number of benzene rings is 6. The normalized spacial score (nSPS) is 10.8. The Morgan fingerprint density at radius 1 is 0.487 bits per heavy atom. The van der Waals surface area contributed by atoms with Crippen LogP contribution in [0.4, 0.5) is 34.1 Å². The molecule has 0 amide bonds. The van der Waals surface area contributed by atoms with Gasteiger partial charge < -0.3 is 9.80 Å². The van der Waals surface area contributed by atoms with Crippen molar-refractivity contribution >= 4 is 44.9 Å². The number of rotatable bonds is 7. The molecule has 0 spiro atoms. The van der Waals surface area contributed by atoms with Crippen LogP contribution in [0.1, 0.15) is 0 Å². The summed E-state index contributed by atoms with van der Waals surface area (Å²) >= 11 is 0. The van der Waals surface area contributed by atoms with Crippen molar-refractivity contribution in [1.82, 2.24) is 0 Å². The molecule has 0 atom stereocenters. The Kier molecular flexibility index (Phi) is 6.59. The maximum Gasteiger partial charge on any atom is 0.108 e. The summed E-state index contributed by atoms with van der Waals surface area (Å²) in [5.74, 6) is 0. The molecule has 4 nitrogen and oxygen atoms in total. The summed E-state index contributed by atoms with van der Waals surface area (Å²) in [5, 5.41) is 5.41. The van der Waals surface area contributed by atoms with Crippen LogP contribution in [0, 0.1) is 4.91 Å². The highest BCUT2D eigenvalue weighted by Crippen LogP contribution is 2.39. The number of hydrogen-bond donors (Lipinski definition) is 0. The molecule has 6 aromatic carbocycles. The van der Waals surface area contributed by atoms with Gasteiger partial charge in [-0.2, -0.15) is 0 Å². The maximum absolute atomic E-state index is 10.7. The van der Waals surface area contributed by atoms with Crippen LogP contribution in [0.5, 0.6) is 0 Å². The van der Waals surface area contributed by atoms with Crippen LogP contribution in [-0.4, -0.2) is 7.05 Å². The van der Waals surface area contributed by atoms with Gasteiger partial charge in [0.25, 0.3) is 0 Å². The number of nitrogens with zero attached hydrogens (tertiary/aromatic N) is 3. The third-order valence-electron chi connectivity index (χ3n) is 7.08. The predicted octanol–water partition coefficient (Wildman–Crippen LogP) is 10.1. The summed E-state index contributed by atoms with van der Waals surface area (Å²) in [7, 11) is 2.01. The summed E-state index contributed by atoms with van der Waals surface area (Å²) in [6, 6.07) is 50.0. The summed E-state index contributed by atoms with van der Waals surface area (Å²) in [6.45, 7) is 0. The third-order valence-corrected chi connectivity index (χ3v) is 7.08. The lowest BCUT2D eigenvalue weighted by Crippen LogP contribution is -2.10. The lowest BCUT2D eigenvalue weighted by atomic mass is 10.0. The zero-order chi connectivity index (χ0) is 26.6. The highest BCUT2D eigenvalue weighted by molar-refractivity contribution is 5.98. The van der Waals surface area contributed by atoms with Gasteiger partial charge >= 0.3 is 0 Å². The van der Waals surface area contributed by atoms with Gasteiger partial charge in [-0.15, -0.1) is 4.91 Å². The van der Waals surface area contributed by atoms with Gasteiger partial charge in [0.05, 0.1) is 5.69 Å². The molecule has 39 heavy (non-hydrogen) atoms. The number of para-hydroxylation sites is 1. The van der Waals surface area contributed by atoms with Crippen LogP contribution in [0.15, 0.2) is 151 Å². The second-order valence-corrected chi connectivity index (χ2v) is 9.43. The van der Waals surface area contributed by atoms with Crippen molar-refractivity contribution in [2.24, 2.45) is 5.18 Å². The smallest absolute Gasteiger partial charge is 0.108 e. The molecule has 4 heteroatoms. The molecular weight excluding hydrogens is 478 g/mol. The van der Waals surface area contributed by atoms with E-state index in [2.05, 4.69) is 130 Å². The Morgan fingerprint density at radius 3 is 1.64 bits per heavy atom. The number of hydrogen-bond acceptors (Lipinski definition) is 4. The molecule has 6 rings (SSSR count). The first-order valence-electron chi connectivity index (χ1n) is 12.9. The molecular formula is C35H27N3O. The standard InChI is InChI=1S/C35H27N3O/c1-37(31-24-18-29(36-39)19-25-31)30-20-14-26(15-21-30)27-16-22-33(23-17-27)38(32-10-3-2-4-11-32)35-13-7-9-28-8-5-6-12-34(28)35/h2-25H,1H3. The minimum absolute atomic E-state index is 0.428. The summed E-state index contributed by atoms with van der Waals surface area (Å²) in [6.07, 6.45) is 0. The summed E-state index contributed by atoms with van der Waals surface area (Å²) in [4.78, 5) is 15.1. The van der Waals surface area contributed by atoms with E-state index in [1.165, 1.54) is 10.8 Å². The molecule has 0 saturated carbocycles. The molecule has 0 aliphatic carbocycles. The molecule has 0 aliphatic rings. The average Bonchev–Trinajstić information content (AvgIpc) is 3.02. The van der Waals surface area contributed by atoms with Crippen molar-refractivity contribution in [3.8, 4) is 11.1 Å². The van der Waals surface area contributed by atoms with Crippen molar-refractivity contribution in [3.63, 3.8) is 0 Å². The minimum atomic E-state index is 0.428. The summed E-state index contributed by atoms with van der Waals surface area (Å²) in [5.41, 5.74) is 8.16. The molecule has 0 unspecified atom stereocenters. The van der Waals surface area contributed by atoms with Gasteiger partial charge in [0.15, 0.2) is 0 Å². The number of anilines is 5. The van der Waals surface area contributed by atoms with Gasteiger partial charge in [-0.3, -0.25) is 0 Å². The van der Waals surface area contributed by atoms with E-state index in [0.717, 1.165) is 39.6 Å².